The normalized spacial score (nSPS) is 36.8. The maximum Gasteiger partial charge on any atom is 0.333 e. The number of nitrogens with zero attached hydrogens (tertiary/aromatic N) is 1. The molecule has 6 heteroatoms. The molecule has 0 aromatic heterocycles. The summed E-state index contributed by atoms with van der Waals surface area (Å²) in [6, 6.07) is 0. The molecule has 2 rings (SSSR count). The number of amides is 1. The van der Waals surface area contributed by atoms with E-state index >= 15 is 0 Å². The van der Waals surface area contributed by atoms with E-state index in [1.165, 1.54) is 18.9 Å². The minimum atomic E-state index is -1.45. The van der Waals surface area contributed by atoms with E-state index < -0.39 is 29.0 Å². The van der Waals surface area contributed by atoms with Crippen molar-refractivity contribution in [3.8, 4) is 0 Å². The first-order valence-corrected chi connectivity index (χ1v) is 6.79. The molecular formula is C14H21NO5. The summed E-state index contributed by atoms with van der Waals surface area (Å²) in [5, 5.41) is 9.81. The highest BCUT2D eigenvalue weighted by Crippen LogP contribution is 2.67. The third kappa shape index (κ3) is 1.60. The van der Waals surface area contributed by atoms with Crippen molar-refractivity contribution >= 4 is 17.8 Å². The van der Waals surface area contributed by atoms with Crippen LogP contribution >= 0.6 is 0 Å². The molecule has 2 aliphatic rings. The van der Waals surface area contributed by atoms with Crippen molar-refractivity contribution in [1.29, 1.82) is 0 Å². The van der Waals surface area contributed by atoms with Crippen LogP contribution in [0.2, 0.25) is 0 Å². The number of carbonyl (C=O) groups is 3. The van der Waals surface area contributed by atoms with Crippen LogP contribution in [0.4, 0.5) is 0 Å². The number of fused-ring (bicyclic) bond motifs is 1. The summed E-state index contributed by atoms with van der Waals surface area (Å²) in [6.07, 6.45) is -0.312. The summed E-state index contributed by atoms with van der Waals surface area (Å²) in [4.78, 5) is 36.9. The second-order valence-electron chi connectivity index (χ2n) is 6.44. The molecule has 112 valence electrons. The average Bonchev–Trinajstić information content (AvgIpc) is 2.96. The minimum Gasteiger partial charge on any atom is -0.479 e. The Hall–Kier alpha value is -1.59. The van der Waals surface area contributed by atoms with Gasteiger partial charge in [-0.25, -0.2) is 4.79 Å². The monoisotopic (exact) mass is 283 g/mol. The predicted molar refractivity (Wildman–Crippen MR) is 69.7 cm³/mol. The molecule has 2 fully saturated rings. The molecule has 0 aromatic rings. The molecule has 1 aliphatic heterocycles. The lowest BCUT2D eigenvalue weighted by atomic mass is 9.80. The van der Waals surface area contributed by atoms with Crippen molar-refractivity contribution in [2.75, 3.05) is 7.05 Å². The Morgan fingerprint density at radius 3 is 2.30 bits per heavy atom. The molecule has 6 nitrogen and oxygen atoms in total. The number of hydrogen-bond acceptors (Lipinski definition) is 4. The van der Waals surface area contributed by atoms with Gasteiger partial charge in [-0.3, -0.25) is 9.59 Å². The van der Waals surface area contributed by atoms with E-state index in [2.05, 4.69) is 0 Å². The zero-order valence-electron chi connectivity index (χ0n) is 12.5. The molecule has 0 spiro atoms. The maximum atomic E-state index is 12.3. The number of aliphatic carboxylic acids is 1. The molecule has 1 amide bonds. The topological polar surface area (TPSA) is 83.9 Å². The number of carbonyl (C=O) groups excluding carboxylic acids is 2. The van der Waals surface area contributed by atoms with Gasteiger partial charge in [0.2, 0.25) is 5.91 Å². The smallest absolute Gasteiger partial charge is 0.333 e. The molecule has 0 bridgehead atoms. The highest BCUT2D eigenvalue weighted by Gasteiger charge is 2.79. The fourth-order valence-electron chi connectivity index (χ4n) is 3.74. The van der Waals surface area contributed by atoms with Crippen molar-refractivity contribution in [2.45, 2.75) is 45.8 Å². The lowest BCUT2D eigenvalue weighted by Crippen LogP contribution is -2.63. The molecular weight excluding hydrogens is 262 g/mol. The largest absolute Gasteiger partial charge is 0.479 e. The van der Waals surface area contributed by atoms with Crippen LogP contribution in [0.3, 0.4) is 0 Å². The number of rotatable bonds is 4. The van der Waals surface area contributed by atoms with Gasteiger partial charge in [0.1, 0.15) is 6.10 Å². The van der Waals surface area contributed by atoms with E-state index in [-0.39, 0.29) is 17.7 Å². The second kappa shape index (κ2) is 4.20. The second-order valence-corrected chi connectivity index (χ2v) is 6.44. The Morgan fingerprint density at radius 1 is 1.45 bits per heavy atom. The van der Waals surface area contributed by atoms with E-state index in [1.54, 1.807) is 20.8 Å². The van der Waals surface area contributed by atoms with E-state index in [0.717, 1.165) is 0 Å². The van der Waals surface area contributed by atoms with E-state index in [9.17, 15) is 19.5 Å². The fourth-order valence-corrected chi connectivity index (χ4v) is 3.74. The summed E-state index contributed by atoms with van der Waals surface area (Å²) >= 11 is 0. The highest BCUT2D eigenvalue weighted by atomic mass is 16.5. The molecule has 4 atom stereocenters. The van der Waals surface area contributed by atoms with Crippen LogP contribution in [-0.2, 0) is 19.1 Å². The van der Waals surface area contributed by atoms with Gasteiger partial charge in [-0.05, 0) is 12.3 Å². The summed E-state index contributed by atoms with van der Waals surface area (Å²) in [5.74, 6) is -2.31. The predicted octanol–water partition coefficient (Wildman–Crippen LogP) is 0.896. The Bertz CT molecular complexity index is 488. The summed E-state index contributed by atoms with van der Waals surface area (Å²) in [5.41, 5.74) is -2.08. The molecule has 20 heavy (non-hydrogen) atoms. The number of carboxylic acid groups (broad SMARTS) is 1. The van der Waals surface area contributed by atoms with Crippen molar-refractivity contribution in [1.82, 2.24) is 4.90 Å². The van der Waals surface area contributed by atoms with Gasteiger partial charge in [-0.15, -0.1) is 0 Å². The van der Waals surface area contributed by atoms with Crippen LogP contribution in [0.5, 0.6) is 0 Å². The summed E-state index contributed by atoms with van der Waals surface area (Å²) in [6.45, 7) is 6.64. The van der Waals surface area contributed by atoms with Crippen LogP contribution in [0.1, 0.15) is 34.1 Å². The van der Waals surface area contributed by atoms with Crippen molar-refractivity contribution in [2.24, 2.45) is 17.3 Å². The third-order valence-electron chi connectivity index (χ3n) is 4.79. The molecule has 0 radical (unpaired) electrons. The standard InChI is InChI=1S/C14H21NO5/c1-7(2)10(20-8(3)16)14(12(18)19)9-6-13(9,4)11(17)15(14)5/h7,9-10H,6H2,1-5H3,(H,18,19)/t9-,10-,13-,14-/m0/s1. The summed E-state index contributed by atoms with van der Waals surface area (Å²) < 4.78 is 5.31. The van der Waals surface area contributed by atoms with Crippen LogP contribution in [0, 0.1) is 17.3 Å². The zero-order chi connectivity index (χ0) is 15.5. The Morgan fingerprint density at radius 2 is 2.00 bits per heavy atom. The van der Waals surface area contributed by atoms with E-state index in [1.807, 2.05) is 0 Å². The van der Waals surface area contributed by atoms with Crippen LogP contribution in [-0.4, -0.2) is 46.5 Å². The van der Waals surface area contributed by atoms with E-state index in [4.69, 9.17) is 4.74 Å². The minimum absolute atomic E-state index is 0.178. The maximum absolute atomic E-state index is 12.3. The number of piperidine rings is 1. The number of likely N-dealkylation sites (tertiary alicyclic amines) is 1. The van der Waals surface area contributed by atoms with Crippen molar-refractivity contribution < 1.29 is 24.2 Å². The van der Waals surface area contributed by atoms with Gasteiger partial charge in [-0.2, -0.15) is 0 Å². The summed E-state index contributed by atoms with van der Waals surface area (Å²) in [7, 11) is 1.49. The van der Waals surface area contributed by atoms with Gasteiger partial charge >= 0.3 is 11.9 Å². The average molecular weight is 283 g/mol. The number of carboxylic acids is 1. The first kappa shape index (κ1) is 14.8. The van der Waals surface area contributed by atoms with Crippen molar-refractivity contribution in [3.05, 3.63) is 0 Å². The Kier molecular flexibility index (Phi) is 3.11. The Labute approximate surface area is 118 Å². The quantitative estimate of drug-likeness (QED) is 0.775. The fraction of sp³-hybridized carbons (Fsp3) is 0.786. The van der Waals surface area contributed by atoms with Gasteiger partial charge in [0, 0.05) is 19.9 Å². The van der Waals surface area contributed by atoms with Crippen LogP contribution in [0.25, 0.3) is 0 Å². The third-order valence-corrected chi connectivity index (χ3v) is 4.79. The number of hydrogen-bond donors (Lipinski definition) is 1. The number of esters is 1. The van der Waals surface area contributed by atoms with Gasteiger partial charge in [-0.1, -0.05) is 20.8 Å². The highest BCUT2D eigenvalue weighted by molar-refractivity contribution is 5.99. The van der Waals surface area contributed by atoms with Crippen LogP contribution in [0.15, 0.2) is 0 Å². The lowest BCUT2D eigenvalue weighted by molar-refractivity contribution is -0.177. The molecule has 1 saturated heterocycles. The first-order chi connectivity index (χ1) is 9.10. The first-order valence-electron chi connectivity index (χ1n) is 6.79. The van der Waals surface area contributed by atoms with Gasteiger partial charge in [0.05, 0.1) is 5.41 Å². The molecule has 0 unspecified atom stereocenters. The van der Waals surface area contributed by atoms with E-state index in [0.29, 0.717) is 6.42 Å². The number of ether oxygens (including phenoxy) is 1. The lowest BCUT2D eigenvalue weighted by Gasteiger charge is -2.42. The molecule has 1 N–H and O–H groups in total. The SMILES string of the molecule is CC(=O)O[C@@H](C(C)C)[C@]1(C(=O)O)[C@H]2C[C@]2(C)C(=O)N1C. The zero-order valence-corrected chi connectivity index (χ0v) is 12.5. The van der Waals surface area contributed by atoms with Gasteiger partial charge < -0.3 is 14.7 Å². The van der Waals surface area contributed by atoms with Gasteiger partial charge in [0.25, 0.3) is 0 Å². The molecule has 1 aliphatic carbocycles. The van der Waals surface area contributed by atoms with Crippen LogP contribution < -0.4 is 0 Å². The molecule has 1 heterocycles. The number of likely N-dealkylation sites (N-methyl/N-ethyl adjacent to an activating group) is 1. The Balaban J connectivity index is 2.53. The van der Waals surface area contributed by atoms with Crippen molar-refractivity contribution in [3.63, 3.8) is 0 Å². The molecule has 0 aromatic carbocycles. The molecule has 1 saturated carbocycles. The van der Waals surface area contributed by atoms with Gasteiger partial charge in [0.15, 0.2) is 5.54 Å².